The molecule has 0 N–H and O–H groups in total. The Kier molecular flexibility index (Phi) is 4.20. The van der Waals surface area contributed by atoms with E-state index in [1.807, 2.05) is 0 Å². The number of rotatable bonds is 5. The molecule has 0 saturated heterocycles. The van der Waals surface area contributed by atoms with E-state index >= 15 is 0 Å². The molecule has 118 valence electrons. The summed E-state index contributed by atoms with van der Waals surface area (Å²) in [6.07, 6.45) is -2.02. The van der Waals surface area contributed by atoms with Crippen molar-refractivity contribution < 1.29 is 27.4 Å². The molecule has 0 aromatic heterocycles. The second-order valence-corrected chi connectivity index (χ2v) is 4.41. The number of ether oxygens (including phenoxy) is 2. The first kappa shape index (κ1) is 16.0. The highest BCUT2D eigenvalue weighted by atomic mass is 19.4. The number of nitrogens with zero attached hydrogens (tertiary/aromatic N) is 2. The van der Waals surface area contributed by atoms with Crippen molar-refractivity contribution in [1.29, 1.82) is 0 Å². The summed E-state index contributed by atoms with van der Waals surface area (Å²) in [5.41, 5.74) is -2.19. The maximum absolute atomic E-state index is 13.0. The molecule has 1 aliphatic rings. The largest absolute Gasteiger partial charge is 0.496 e. The predicted octanol–water partition coefficient (Wildman–Crippen LogP) is 3.45. The van der Waals surface area contributed by atoms with Gasteiger partial charge in [0.05, 0.1) is 13.7 Å². The Morgan fingerprint density at radius 3 is 2.55 bits per heavy atom. The van der Waals surface area contributed by atoms with E-state index in [4.69, 9.17) is 9.47 Å². The van der Waals surface area contributed by atoms with Gasteiger partial charge in [-0.3, -0.25) is 0 Å². The highest BCUT2D eigenvalue weighted by molar-refractivity contribution is 5.87. The van der Waals surface area contributed by atoms with Gasteiger partial charge in [-0.1, -0.05) is 12.1 Å². The summed E-state index contributed by atoms with van der Waals surface area (Å²) >= 11 is 0. The molecule has 1 heterocycles. The molecule has 5 nitrogen and oxygen atoms in total. The number of methoxy groups -OCH3 is 1. The number of carbonyl (C=O) groups is 1. The van der Waals surface area contributed by atoms with Crippen LogP contribution in [0.5, 0.6) is 5.75 Å². The fraction of sp³-hybridized carbons (Fsp3) is 0.357. The highest BCUT2D eigenvalue weighted by Gasteiger charge is 2.65. The fourth-order valence-corrected chi connectivity index (χ4v) is 1.86. The quantitative estimate of drug-likeness (QED) is 0.618. The summed E-state index contributed by atoms with van der Waals surface area (Å²) < 4.78 is 48.6. The first-order chi connectivity index (χ1) is 10.3. The zero-order chi connectivity index (χ0) is 16.4. The third-order valence-corrected chi connectivity index (χ3v) is 3.02. The summed E-state index contributed by atoms with van der Waals surface area (Å²) in [7, 11) is 1.32. The Hall–Kier alpha value is -2.38. The molecular weight excluding hydrogens is 301 g/mol. The molecule has 1 aromatic carbocycles. The van der Waals surface area contributed by atoms with Crippen LogP contribution in [-0.2, 0) is 15.2 Å². The number of halogens is 3. The van der Waals surface area contributed by atoms with E-state index in [-0.39, 0.29) is 17.9 Å². The van der Waals surface area contributed by atoms with Gasteiger partial charge < -0.3 is 9.47 Å². The lowest BCUT2D eigenvalue weighted by molar-refractivity contribution is -0.166. The molecule has 0 fully saturated rings. The van der Waals surface area contributed by atoms with Crippen molar-refractivity contribution in [3.05, 3.63) is 35.4 Å². The molecule has 0 aliphatic carbocycles. The first-order valence-corrected chi connectivity index (χ1v) is 6.38. The van der Waals surface area contributed by atoms with Gasteiger partial charge in [-0.15, -0.1) is 10.2 Å². The maximum atomic E-state index is 13.0. The molecule has 1 aliphatic heterocycles. The van der Waals surface area contributed by atoms with Gasteiger partial charge in [-0.05, 0) is 19.1 Å². The maximum Gasteiger partial charge on any atom is 0.442 e. The Morgan fingerprint density at radius 2 is 2.05 bits per heavy atom. The summed E-state index contributed by atoms with van der Waals surface area (Å²) in [4.78, 5) is 11.3. The topological polar surface area (TPSA) is 60.2 Å². The number of esters is 1. The summed E-state index contributed by atoms with van der Waals surface area (Å²) in [6.45, 7) is 1.90. The standard InChI is InChI=1S/C14H13F3N2O3/c1-3-22-12(20)7-5-9-4-6-10(8-11(9)21-2)13(18-19-13)14(15,16)17/h4-8H,3H2,1-2H3/b7-5-. The molecule has 8 heteroatoms. The van der Waals surface area contributed by atoms with Crippen LogP contribution in [0, 0.1) is 0 Å². The van der Waals surface area contributed by atoms with Crippen molar-refractivity contribution in [3.8, 4) is 5.75 Å². The highest BCUT2D eigenvalue weighted by Crippen LogP contribution is 2.52. The van der Waals surface area contributed by atoms with Gasteiger partial charge in [0, 0.05) is 17.2 Å². The molecule has 0 spiro atoms. The van der Waals surface area contributed by atoms with E-state index in [0.29, 0.717) is 5.56 Å². The van der Waals surface area contributed by atoms with Crippen LogP contribution in [0.1, 0.15) is 18.1 Å². The van der Waals surface area contributed by atoms with Crippen molar-refractivity contribution in [2.24, 2.45) is 10.2 Å². The Bertz CT molecular complexity index is 633. The van der Waals surface area contributed by atoms with Crippen LogP contribution < -0.4 is 4.74 Å². The predicted molar refractivity (Wildman–Crippen MR) is 71.3 cm³/mol. The summed E-state index contributed by atoms with van der Waals surface area (Å²) in [5.74, 6) is -0.369. The van der Waals surface area contributed by atoms with Gasteiger partial charge in [0.15, 0.2) is 0 Å². The van der Waals surface area contributed by atoms with Crippen molar-refractivity contribution in [3.63, 3.8) is 0 Å². The minimum absolute atomic E-state index is 0.134. The van der Waals surface area contributed by atoms with Crippen molar-refractivity contribution in [2.75, 3.05) is 13.7 Å². The van der Waals surface area contributed by atoms with Crippen LogP contribution in [0.25, 0.3) is 6.08 Å². The summed E-state index contributed by atoms with van der Waals surface area (Å²) in [6, 6.07) is 3.86. The molecule has 2 rings (SSSR count). The van der Waals surface area contributed by atoms with Gasteiger partial charge >= 0.3 is 17.8 Å². The number of hydrogen-bond donors (Lipinski definition) is 0. The smallest absolute Gasteiger partial charge is 0.442 e. The molecule has 0 unspecified atom stereocenters. The molecule has 0 bridgehead atoms. The Labute approximate surface area is 124 Å². The van der Waals surface area contributed by atoms with Crippen LogP contribution in [0.3, 0.4) is 0 Å². The second-order valence-electron chi connectivity index (χ2n) is 4.41. The fourth-order valence-electron chi connectivity index (χ4n) is 1.86. The molecule has 0 amide bonds. The van der Waals surface area contributed by atoms with Crippen molar-refractivity contribution >= 4 is 12.0 Å². The average Bonchev–Trinajstić information content (AvgIpc) is 3.26. The van der Waals surface area contributed by atoms with E-state index in [0.717, 1.165) is 0 Å². The normalized spacial score (nSPS) is 15.9. The Balaban J connectivity index is 2.28. The monoisotopic (exact) mass is 314 g/mol. The first-order valence-electron chi connectivity index (χ1n) is 6.38. The molecule has 0 radical (unpaired) electrons. The third-order valence-electron chi connectivity index (χ3n) is 3.02. The van der Waals surface area contributed by atoms with E-state index in [1.54, 1.807) is 6.92 Å². The van der Waals surface area contributed by atoms with Crippen molar-refractivity contribution in [1.82, 2.24) is 0 Å². The number of hydrogen-bond acceptors (Lipinski definition) is 5. The summed E-state index contributed by atoms with van der Waals surface area (Å²) in [5, 5.41) is 6.26. The molecule has 0 saturated carbocycles. The number of carbonyl (C=O) groups excluding carboxylic acids is 1. The van der Waals surface area contributed by atoms with Crippen LogP contribution >= 0.6 is 0 Å². The van der Waals surface area contributed by atoms with Gasteiger partial charge in [0.1, 0.15) is 5.75 Å². The van der Waals surface area contributed by atoms with Crippen LogP contribution in [0.15, 0.2) is 34.5 Å². The van der Waals surface area contributed by atoms with Crippen LogP contribution in [0.2, 0.25) is 0 Å². The van der Waals surface area contributed by atoms with Crippen LogP contribution in [0.4, 0.5) is 13.2 Å². The second kappa shape index (κ2) is 5.78. The van der Waals surface area contributed by atoms with Gasteiger partial charge in [0.2, 0.25) is 0 Å². The molecule has 0 atom stereocenters. The van der Waals surface area contributed by atoms with E-state index < -0.39 is 17.8 Å². The van der Waals surface area contributed by atoms with Gasteiger partial charge in [-0.2, -0.15) is 13.2 Å². The van der Waals surface area contributed by atoms with Gasteiger partial charge in [-0.25, -0.2) is 4.79 Å². The third kappa shape index (κ3) is 2.95. The van der Waals surface area contributed by atoms with E-state index in [1.165, 1.54) is 37.5 Å². The lowest BCUT2D eigenvalue weighted by Crippen LogP contribution is -2.30. The van der Waals surface area contributed by atoms with E-state index in [2.05, 4.69) is 10.2 Å². The zero-order valence-corrected chi connectivity index (χ0v) is 11.8. The number of benzene rings is 1. The minimum Gasteiger partial charge on any atom is -0.496 e. The molecular formula is C14H13F3N2O3. The van der Waals surface area contributed by atoms with E-state index in [9.17, 15) is 18.0 Å². The Morgan fingerprint density at radius 1 is 1.36 bits per heavy atom. The van der Waals surface area contributed by atoms with Crippen molar-refractivity contribution in [2.45, 2.75) is 18.8 Å². The number of alkyl halides is 3. The molecule has 22 heavy (non-hydrogen) atoms. The minimum atomic E-state index is -4.60. The van der Waals surface area contributed by atoms with Gasteiger partial charge in [0.25, 0.3) is 0 Å². The molecule has 1 aromatic rings. The van der Waals surface area contributed by atoms with Crippen LogP contribution in [-0.4, -0.2) is 25.9 Å². The zero-order valence-electron chi connectivity index (χ0n) is 11.8. The lowest BCUT2D eigenvalue weighted by atomic mass is 10.00. The SMILES string of the molecule is CCOC(=O)/C=C\c1ccc(C2(C(F)(F)F)N=N2)cc1OC. The lowest BCUT2D eigenvalue weighted by Gasteiger charge is -2.16. The average molecular weight is 314 g/mol.